The first-order valence-corrected chi connectivity index (χ1v) is 6.87. The van der Waals surface area contributed by atoms with Gasteiger partial charge >= 0.3 is 0 Å². The second-order valence-corrected chi connectivity index (χ2v) is 5.03. The number of allylic oxidation sites excluding steroid dienone is 2. The minimum absolute atomic E-state index is 0.266. The fraction of sp³-hybridized carbons (Fsp3) is 0.500. The van der Waals surface area contributed by atoms with Crippen molar-refractivity contribution in [2.75, 3.05) is 0 Å². The molecule has 1 nitrogen and oxygen atoms in total. The van der Waals surface area contributed by atoms with Gasteiger partial charge < -0.3 is 0 Å². The fourth-order valence-electron chi connectivity index (χ4n) is 1.61. The Bertz CT molecular complexity index is 336. The van der Waals surface area contributed by atoms with E-state index in [1.807, 2.05) is 18.4 Å². The van der Waals surface area contributed by atoms with E-state index in [9.17, 15) is 4.79 Å². The first-order valence-electron chi connectivity index (χ1n) is 5.99. The van der Waals surface area contributed by atoms with Crippen molar-refractivity contribution in [1.82, 2.24) is 0 Å². The molecule has 1 heterocycles. The number of thiophene rings is 1. The van der Waals surface area contributed by atoms with Crippen LogP contribution in [-0.2, 0) is 4.79 Å². The Labute approximate surface area is 102 Å². The maximum Gasteiger partial charge on any atom is 0.156 e. The molecule has 0 spiro atoms. The van der Waals surface area contributed by atoms with Gasteiger partial charge in [-0.2, -0.15) is 0 Å². The fourth-order valence-corrected chi connectivity index (χ4v) is 2.32. The normalized spacial score (nSPS) is 11.8. The first-order chi connectivity index (χ1) is 7.74. The van der Waals surface area contributed by atoms with Crippen molar-refractivity contribution in [3.8, 4) is 0 Å². The van der Waals surface area contributed by atoms with Crippen LogP contribution in [0.15, 0.2) is 23.6 Å². The van der Waals surface area contributed by atoms with E-state index in [0.717, 1.165) is 12.0 Å². The van der Waals surface area contributed by atoms with Crippen molar-refractivity contribution < 1.29 is 4.79 Å². The van der Waals surface area contributed by atoms with Gasteiger partial charge in [0.05, 0.1) is 0 Å². The highest BCUT2D eigenvalue weighted by Crippen LogP contribution is 2.19. The highest BCUT2D eigenvalue weighted by Gasteiger charge is 2.01. The zero-order valence-electron chi connectivity index (χ0n) is 10.2. The van der Waals surface area contributed by atoms with Crippen LogP contribution in [0.4, 0.5) is 0 Å². The lowest BCUT2D eigenvalue weighted by Gasteiger charge is -1.98. The number of rotatable bonds is 7. The third-order valence-corrected chi connectivity index (χ3v) is 3.57. The number of carbonyl (C=O) groups is 1. The van der Waals surface area contributed by atoms with Crippen LogP contribution in [0.1, 0.15) is 50.8 Å². The van der Waals surface area contributed by atoms with E-state index in [2.05, 4.69) is 13.0 Å². The quantitative estimate of drug-likeness (QED) is 0.496. The lowest BCUT2D eigenvalue weighted by atomic mass is 10.1. The van der Waals surface area contributed by atoms with Gasteiger partial charge in [-0.3, -0.25) is 4.79 Å². The smallest absolute Gasteiger partial charge is 0.156 e. The van der Waals surface area contributed by atoms with Gasteiger partial charge in [0.25, 0.3) is 0 Å². The molecule has 1 aromatic rings. The van der Waals surface area contributed by atoms with Gasteiger partial charge in [-0.15, -0.1) is 11.3 Å². The molecule has 1 rings (SSSR count). The van der Waals surface area contributed by atoms with Crippen molar-refractivity contribution in [2.24, 2.45) is 0 Å². The predicted octanol–water partition coefficient (Wildman–Crippen LogP) is 4.69. The van der Waals surface area contributed by atoms with Gasteiger partial charge in [0.15, 0.2) is 5.78 Å². The first kappa shape index (κ1) is 13.2. The molecule has 0 aliphatic carbocycles. The molecule has 16 heavy (non-hydrogen) atoms. The van der Waals surface area contributed by atoms with Crippen molar-refractivity contribution in [3.63, 3.8) is 0 Å². The molecule has 0 aliphatic heterocycles. The molecular weight excluding hydrogens is 216 g/mol. The van der Waals surface area contributed by atoms with E-state index in [0.29, 0.717) is 6.42 Å². The Balaban J connectivity index is 2.35. The molecule has 0 N–H and O–H groups in total. The number of ketones is 1. The SMILES string of the molecule is CCCCCCC(=O)/C=C(\C)c1cccs1. The molecule has 88 valence electrons. The molecule has 0 aliphatic rings. The van der Waals surface area contributed by atoms with Crippen molar-refractivity contribution in [2.45, 2.75) is 46.0 Å². The van der Waals surface area contributed by atoms with Crippen molar-refractivity contribution in [1.29, 1.82) is 0 Å². The summed E-state index contributed by atoms with van der Waals surface area (Å²) in [4.78, 5) is 12.8. The highest BCUT2D eigenvalue weighted by molar-refractivity contribution is 7.11. The summed E-state index contributed by atoms with van der Waals surface area (Å²) in [6, 6.07) is 4.07. The average Bonchev–Trinajstić information content (AvgIpc) is 2.77. The van der Waals surface area contributed by atoms with Crippen LogP contribution >= 0.6 is 11.3 Å². The second-order valence-electron chi connectivity index (χ2n) is 4.08. The van der Waals surface area contributed by atoms with Gasteiger partial charge in [0.1, 0.15) is 0 Å². The van der Waals surface area contributed by atoms with Gasteiger partial charge in [0.2, 0.25) is 0 Å². The highest BCUT2D eigenvalue weighted by atomic mass is 32.1. The lowest BCUT2D eigenvalue weighted by molar-refractivity contribution is -0.114. The van der Waals surface area contributed by atoms with Crippen LogP contribution < -0.4 is 0 Å². The monoisotopic (exact) mass is 236 g/mol. The average molecular weight is 236 g/mol. The molecule has 0 amide bonds. The standard InChI is InChI=1S/C14H20OS/c1-3-4-5-6-8-13(15)11-12(2)14-9-7-10-16-14/h7,9-11H,3-6,8H2,1-2H3/b12-11+. The maximum absolute atomic E-state index is 11.6. The number of hydrogen-bond donors (Lipinski definition) is 0. The molecule has 0 fully saturated rings. The molecular formula is C14H20OS. The summed E-state index contributed by atoms with van der Waals surface area (Å²) in [5.41, 5.74) is 1.09. The third kappa shape index (κ3) is 4.75. The summed E-state index contributed by atoms with van der Waals surface area (Å²) in [7, 11) is 0. The number of unbranched alkanes of at least 4 members (excludes halogenated alkanes) is 3. The number of hydrogen-bond acceptors (Lipinski definition) is 2. The number of carbonyl (C=O) groups excluding carboxylic acids is 1. The zero-order chi connectivity index (χ0) is 11.8. The molecule has 0 saturated carbocycles. The summed E-state index contributed by atoms with van der Waals surface area (Å²) in [5, 5.41) is 2.04. The van der Waals surface area contributed by atoms with Gasteiger partial charge in [-0.05, 0) is 36.4 Å². The van der Waals surface area contributed by atoms with Crippen molar-refractivity contribution in [3.05, 3.63) is 28.5 Å². The largest absolute Gasteiger partial charge is 0.295 e. The Kier molecular flexibility index (Phi) is 6.09. The molecule has 0 radical (unpaired) electrons. The minimum Gasteiger partial charge on any atom is -0.295 e. The minimum atomic E-state index is 0.266. The Morgan fingerprint density at radius 3 is 2.81 bits per heavy atom. The Morgan fingerprint density at radius 2 is 2.19 bits per heavy atom. The van der Waals surface area contributed by atoms with E-state index in [1.54, 1.807) is 17.4 Å². The Morgan fingerprint density at radius 1 is 1.38 bits per heavy atom. The van der Waals surface area contributed by atoms with Crippen LogP contribution in [-0.4, -0.2) is 5.78 Å². The van der Waals surface area contributed by atoms with Crippen LogP contribution in [0.25, 0.3) is 5.57 Å². The summed E-state index contributed by atoms with van der Waals surface area (Å²) in [5.74, 6) is 0.266. The summed E-state index contributed by atoms with van der Waals surface area (Å²) in [6.07, 6.45) is 7.15. The predicted molar refractivity (Wildman–Crippen MR) is 71.7 cm³/mol. The third-order valence-electron chi connectivity index (χ3n) is 2.56. The Hall–Kier alpha value is -0.890. The van der Waals surface area contributed by atoms with E-state index >= 15 is 0 Å². The van der Waals surface area contributed by atoms with Gasteiger partial charge in [-0.1, -0.05) is 32.3 Å². The van der Waals surface area contributed by atoms with Crippen LogP contribution in [0.2, 0.25) is 0 Å². The van der Waals surface area contributed by atoms with E-state index in [4.69, 9.17) is 0 Å². The lowest BCUT2D eigenvalue weighted by Crippen LogP contribution is -1.93. The second kappa shape index (κ2) is 7.39. The van der Waals surface area contributed by atoms with Gasteiger partial charge in [0, 0.05) is 11.3 Å². The van der Waals surface area contributed by atoms with Crippen LogP contribution in [0.3, 0.4) is 0 Å². The molecule has 0 aromatic carbocycles. The summed E-state index contributed by atoms with van der Waals surface area (Å²) in [6.45, 7) is 4.19. The van der Waals surface area contributed by atoms with Gasteiger partial charge in [-0.25, -0.2) is 0 Å². The van der Waals surface area contributed by atoms with Crippen LogP contribution in [0, 0.1) is 0 Å². The molecule has 0 unspecified atom stereocenters. The molecule has 0 bridgehead atoms. The zero-order valence-corrected chi connectivity index (χ0v) is 11.0. The topological polar surface area (TPSA) is 17.1 Å². The van der Waals surface area contributed by atoms with E-state index < -0.39 is 0 Å². The van der Waals surface area contributed by atoms with E-state index in [1.165, 1.54) is 24.1 Å². The molecule has 0 saturated heterocycles. The maximum atomic E-state index is 11.6. The summed E-state index contributed by atoms with van der Waals surface area (Å²) >= 11 is 1.68. The molecule has 0 atom stereocenters. The summed E-state index contributed by atoms with van der Waals surface area (Å²) < 4.78 is 0. The molecule has 2 heteroatoms. The van der Waals surface area contributed by atoms with Crippen molar-refractivity contribution >= 4 is 22.7 Å². The van der Waals surface area contributed by atoms with E-state index in [-0.39, 0.29) is 5.78 Å². The molecule has 1 aromatic heterocycles. The van der Waals surface area contributed by atoms with Crippen LogP contribution in [0.5, 0.6) is 0 Å².